The zero-order chi connectivity index (χ0) is 24.2. The van der Waals surface area contributed by atoms with E-state index in [0.717, 1.165) is 17.8 Å². The summed E-state index contributed by atoms with van der Waals surface area (Å²) in [6.45, 7) is 0.845. The molecule has 1 aliphatic rings. The highest BCUT2D eigenvalue weighted by Gasteiger charge is 2.25. The Morgan fingerprint density at radius 1 is 0.971 bits per heavy atom. The molecule has 0 radical (unpaired) electrons. The smallest absolute Gasteiger partial charge is 0.251 e. The number of fused-ring (bicyclic) bond motifs is 1. The molecule has 176 valence electrons. The van der Waals surface area contributed by atoms with E-state index in [-0.39, 0.29) is 24.1 Å². The van der Waals surface area contributed by atoms with E-state index in [9.17, 15) is 9.59 Å². The Bertz CT molecular complexity index is 1380. The first kappa shape index (κ1) is 23.1. The molecule has 2 amide bonds. The Morgan fingerprint density at radius 2 is 1.77 bits per heavy atom. The fourth-order valence-corrected chi connectivity index (χ4v) is 5.07. The molecule has 0 aliphatic carbocycles. The second-order valence-electron chi connectivity index (χ2n) is 7.98. The van der Waals surface area contributed by atoms with Crippen molar-refractivity contribution < 1.29 is 9.59 Å². The second-order valence-corrected chi connectivity index (χ2v) is 9.35. The summed E-state index contributed by atoms with van der Waals surface area (Å²) in [6, 6.07) is 24.3. The zero-order valence-corrected chi connectivity index (χ0v) is 20.3. The Hall–Kier alpha value is -3.62. The largest absolute Gasteiger partial charge is 0.345 e. The van der Waals surface area contributed by atoms with Crippen LogP contribution in [0.5, 0.6) is 0 Å². The number of hydrogen-bond donors (Lipinski definition) is 1. The molecule has 9 heteroatoms. The van der Waals surface area contributed by atoms with Gasteiger partial charge in [0.2, 0.25) is 5.91 Å². The number of carbonyl (C=O) groups is 2. The highest BCUT2D eigenvalue weighted by atomic mass is 35.5. The van der Waals surface area contributed by atoms with E-state index < -0.39 is 0 Å². The number of rotatable bonds is 7. The zero-order valence-electron chi connectivity index (χ0n) is 18.7. The molecule has 0 atom stereocenters. The average molecular weight is 504 g/mol. The molecule has 2 heterocycles. The molecule has 4 aromatic rings. The van der Waals surface area contributed by atoms with Crippen molar-refractivity contribution in [2.24, 2.45) is 0 Å². The first-order chi connectivity index (χ1) is 17.1. The molecule has 1 aliphatic heterocycles. The summed E-state index contributed by atoms with van der Waals surface area (Å²) >= 11 is 7.56. The molecule has 0 saturated heterocycles. The summed E-state index contributed by atoms with van der Waals surface area (Å²) in [5.41, 5.74) is 3.48. The molecule has 1 N–H and O–H groups in total. The summed E-state index contributed by atoms with van der Waals surface area (Å²) in [5.74, 6) is 0.560. The minimum Gasteiger partial charge on any atom is -0.345 e. The first-order valence-electron chi connectivity index (χ1n) is 11.1. The van der Waals surface area contributed by atoms with Crippen LogP contribution in [0.1, 0.15) is 21.7 Å². The number of amides is 2. The summed E-state index contributed by atoms with van der Waals surface area (Å²) in [5, 5.41) is 12.6. The van der Waals surface area contributed by atoms with Crippen molar-refractivity contribution in [1.82, 2.24) is 20.1 Å². The van der Waals surface area contributed by atoms with Crippen molar-refractivity contribution in [3.8, 4) is 5.69 Å². The van der Waals surface area contributed by atoms with E-state index in [4.69, 9.17) is 11.6 Å². The van der Waals surface area contributed by atoms with Crippen molar-refractivity contribution in [1.29, 1.82) is 0 Å². The van der Waals surface area contributed by atoms with Crippen molar-refractivity contribution in [3.05, 3.63) is 101 Å². The van der Waals surface area contributed by atoms with Gasteiger partial charge in [-0.2, -0.15) is 0 Å². The van der Waals surface area contributed by atoms with Crippen LogP contribution in [0.4, 0.5) is 5.69 Å². The standard InChI is InChI=1S/C26H22ClN5O2S/c27-20-10-6-11-21(15-20)32-23(16-28-25(34)19-8-2-1-3-9-19)29-30-26(32)35-17-24(33)31-14-13-18-7-4-5-12-22(18)31/h1-12,15H,13-14,16-17H2,(H,28,34). The molecule has 7 nitrogen and oxygen atoms in total. The van der Waals surface area contributed by atoms with Crippen LogP contribution in [0.25, 0.3) is 5.69 Å². The fraction of sp³-hybridized carbons (Fsp3) is 0.154. The highest BCUT2D eigenvalue weighted by Crippen LogP contribution is 2.29. The van der Waals surface area contributed by atoms with E-state index in [1.165, 1.54) is 17.3 Å². The summed E-state index contributed by atoms with van der Waals surface area (Å²) in [7, 11) is 0. The number of para-hydroxylation sites is 1. The number of aromatic nitrogens is 3. The lowest BCUT2D eigenvalue weighted by Gasteiger charge is -2.17. The van der Waals surface area contributed by atoms with Gasteiger partial charge in [-0.05, 0) is 48.4 Å². The van der Waals surface area contributed by atoms with Gasteiger partial charge in [0.05, 0.1) is 18.0 Å². The number of nitrogens with one attached hydrogen (secondary N) is 1. The summed E-state index contributed by atoms with van der Waals surface area (Å²) in [4.78, 5) is 27.4. The van der Waals surface area contributed by atoms with Crippen LogP contribution in [0.2, 0.25) is 5.02 Å². The third-order valence-electron chi connectivity index (χ3n) is 5.72. The van der Waals surface area contributed by atoms with Gasteiger partial charge in [-0.25, -0.2) is 0 Å². The topological polar surface area (TPSA) is 80.1 Å². The minimum absolute atomic E-state index is 0.0134. The lowest BCUT2D eigenvalue weighted by Crippen LogP contribution is -2.30. The molecule has 0 saturated carbocycles. The first-order valence-corrected chi connectivity index (χ1v) is 12.5. The number of benzene rings is 3. The third-order valence-corrected chi connectivity index (χ3v) is 6.87. The van der Waals surface area contributed by atoms with Gasteiger partial charge in [-0.1, -0.05) is 65.8 Å². The van der Waals surface area contributed by atoms with E-state index in [1.807, 2.05) is 58.0 Å². The van der Waals surface area contributed by atoms with Crippen molar-refractivity contribution in [3.63, 3.8) is 0 Å². The molecule has 5 rings (SSSR count). The monoisotopic (exact) mass is 503 g/mol. The van der Waals surface area contributed by atoms with Crippen LogP contribution in [0.15, 0.2) is 84.0 Å². The van der Waals surface area contributed by atoms with Crippen molar-refractivity contribution >= 4 is 40.9 Å². The normalized spacial score (nSPS) is 12.4. The molecule has 0 spiro atoms. The predicted octanol–water partition coefficient (Wildman–Crippen LogP) is 4.53. The number of carbonyl (C=O) groups excluding carboxylic acids is 2. The van der Waals surface area contributed by atoms with Gasteiger partial charge >= 0.3 is 0 Å². The maximum atomic E-state index is 13.0. The van der Waals surface area contributed by atoms with Gasteiger partial charge in [0, 0.05) is 22.8 Å². The number of nitrogens with zero attached hydrogens (tertiary/aromatic N) is 4. The van der Waals surface area contributed by atoms with E-state index in [1.54, 1.807) is 24.3 Å². The van der Waals surface area contributed by atoms with Crippen LogP contribution in [0, 0.1) is 0 Å². The molecule has 0 unspecified atom stereocenters. The number of thioether (sulfide) groups is 1. The quantitative estimate of drug-likeness (QED) is 0.375. The Labute approximate surface area is 212 Å². The van der Waals surface area contributed by atoms with Crippen LogP contribution in [0.3, 0.4) is 0 Å². The van der Waals surface area contributed by atoms with Crippen molar-refractivity contribution in [2.45, 2.75) is 18.1 Å². The van der Waals surface area contributed by atoms with Crippen molar-refractivity contribution in [2.75, 3.05) is 17.2 Å². The van der Waals surface area contributed by atoms with E-state index >= 15 is 0 Å². The molecule has 3 aromatic carbocycles. The average Bonchev–Trinajstić information content (AvgIpc) is 3.50. The highest BCUT2D eigenvalue weighted by molar-refractivity contribution is 7.99. The van der Waals surface area contributed by atoms with E-state index in [2.05, 4.69) is 21.6 Å². The molecule has 35 heavy (non-hydrogen) atoms. The molecular weight excluding hydrogens is 482 g/mol. The molecule has 1 aromatic heterocycles. The predicted molar refractivity (Wildman–Crippen MR) is 137 cm³/mol. The number of halogens is 1. The molecule has 0 fully saturated rings. The fourth-order valence-electron chi connectivity index (χ4n) is 4.04. The van der Waals surface area contributed by atoms with Crippen LogP contribution < -0.4 is 10.2 Å². The Balaban J connectivity index is 1.35. The van der Waals surface area contributed by atoms with Gasteiger partial charge in [-0.3, -0.25) is 14.2 Å². The maximum absolute atomic E-state index is 13.0. The number of anilines is 1. The van der Waals surface area contributed by atoms with Gasteiger partial charge in [-0.15, -0.1) is 10.2 Å². The van der Waals surface area contributed by atoms with Gasteiger partial charge in [0.15, 0.2) is 11.0 Å². The third kappa shape index (κ3) is 5.08. The Kier molecular flexibility index (Phi) is 6.83. The summed E-state index contributed by atoms with van der Waals surface area (Å²) in [6.07, 6.45) is 0.858. The van der Waals surface area contributed by atoms with Crippen LogP contribution >= 0.6 is 23.4 Å². The second kappa shape index (κ2) is 10.3. The van der Waals surface area contributed by atoms with Crippen LogP contribution in [-0.2, 0) is 17.8 Å². The minimum atomic E-state index is -0.205. The maximum Gasteiger partial charge on any atom is 0.251 e. The molecular formula is C26H22ClN5O2S. The number of hydrogen-bond acceptors (Lipinski definition) is 5. The van der Waals surface area contributed by atoms with Crippen LogP contribution in [-0.4, -0.2) is 38.9 Å². The van der Waals surface area contributed by atoms with Gasteiger partial charge in [0.25, 0.3) is 5.91 Å². The lowest BCUT2D eigenvalue weighted by molar-refractivity contribution is -0.116. The lowest BCUT2D eigenvalue weighted by atomic mass is 10.2. The SMILES string of the molecule is O=C(NCc1nnc(SCC(=O)N2CCc3ccccc32)n1-c1cccc(Cl)c1)c1ccccc1. The van der Waals surface area contributed by atoms with E-state index in [0.29, 0.717) is 28.1 Å². The summed E-state index contributed by atoms with van der Waals surface area (Å²) < 4.78 is 1.83. The molecule has 0 bridgehead atoms. The Morgan fingerprint density at radius 3 is 2.60 bits per heavy atom. The van der Waals surface area contributed by atoms with Gasteiger partial charge in [0.1, 0.15) is 0 Å². The van der Waals surface area contributed by atoms with Gasteiger partial charge < -0.3 is 10.2 Å².